The van der Waals surface area contributed by atoms with Crippen LogP contribution in [-0.2, 0) is 16.5 Å². The van der Waals surface area contributed by atoms with Crippen molar-refractivity contribution in [2.75, 3.05) is 19.4 Å². The summed E-state index contributed by atoms with van der Waals surface area (Å²) in [5.41, 5.74) is 8.49. The summed E-state index contributed by atoms with van der Waals surface area (Å²) >= 11 is 0. The first-order chi connectivity index (χ1) is 17.3. The first kappa shape index (κ1) is 28.6. The molecule has 0 saturated carbocycles. The average Bonchev–Trinajstić information content (AvgIpc) is 2.80. The Morgan fingerprint density at radius 2 is 1.46 bits per heavy atom. The number of amides is 2. The number of nitrogens with zero attached hydrogens (tertiary/aromatic N) is 2. The number of nitrogens with one attached hydrogen (secondary N) is 1. The standard InChI is InChI=1S/C30H40N4O2S/c1-19(2)27-16-25(24-12-9-21(5)22(6)15-24)17-28(20(3)4)29(27)32-30(35)33-37(31,36)26-13-10-23(11-14-26)18-34(7)8/h9-17,19-20H,18H2,1-8H3,(H3,31,32,33,35,36). The molecule has 1 atom stereocenters. The van der Waals surface area contributed by atoms with Gasteiger partial charge in [-0.3, -0.25) is 0 Å². The van der Waals surface area contributed by atoms with Crippen LogP contribution in [0.4, 0.5) is 10.5 Å². The van der Waals surface area contributed by atoms with Crippen LogP contribution in [-0.4, -0.2) is 29.2 Å². The number of anilines is 1. The molecule has 6 nitrogen and oxygen atoms in total. The average molecular weight is 521 g/mol. The van der Waals surface area contributed by atoms with E-state index >= 15 is 0 Å². The van der Waals surface area contributed by atoms with Crippen molar-refractivity contribution in [2.45, 2.75) is 64.8 Å². The Morgan fingerprint density at radius 3 is 1.95 bits per heavy atom. The van der Waals surface area contributed by atoms with Crippen LogP contribution >= 0.6 is 0 Å². The molecule has 2 amide bonds. The summed E-state index contributed by atoms with van der Waals surface area (Å²) in [4.78, 5) is 15.4. The lowest BCUT2D eigenvalue weighted by atomic mass is 9.88. The number of hydrogen-bond donors (Lipinski definition) is 2. The highest BCUT2D eigenvalue weighted by Gasteiger charge is 2.20. The molecular weight excluding hydrogens is 480 g/mol. The lowest BCUT2D eigenvalue weighted by Crippen LogP contribution is -2.19. The van der Waals surface area contributed by atoms with Gasteiger partial charge in [0.15, 0.2) is 0 Å². The summed E-state index contributed by atoms with van der Waals surface area (Å²) in [6, 6.07) is 17.1. The summed E-state index contributed by atoms with van der Waals surface area (Å²) < 4.78 is 17.1. The first-order valence-electron chi connectivity index (χ1n) is 12.6. The SMILES string of the molecule is Cc1ccc(-c2cc(C(C)C)c(NC(=O)N=S(N)(=O)c3ccc(CN(C)C)cc3)c(C(C)C)c2)cc1C. The molecule has 0 spiro atoms. The van der Waals surface area contributed by atoms with Crippen LogP contribution in [0.15, 0.2) is 63.9 Å². The molecule has 3 aromatic rings. The van der Waals surface area contributed by atoms with E-state index in [0.717, 1.165) is 34.4 Å². The highest BCUT2D eigenvalue weighted by molar-refractivity contribution is 7.91. The summed E-state index contributed by atoms with van der Waals surface area (Å²) in [7, 11) is 0.552. The minimum absolute atomic E-state index is 0.144. The number of carbonyl (C=O) groups is 1. The van der Waals surface area contributed by atoms with E-state index in [1.54, 1.807) is 12.1 Å². The van der Waals surface area contributed by atoms with Crippen molar-refractivity contribution in [3.8, 4) is 11.1 Å². The maximum absolute atomic E-state index is 13.2. The van der Waals surface area contributed by atoms with Crippen LogP contribution in [0.25, 0.3) is 11.1 Å². The fraction of sp³-hybridized carbons (Fsp3) is 0.367. The molecule has 0 aliphatic carbocycles. The van der Waals surface area contributed by atoms with Crippen molar-refractivity contribution in [1.82, 2.24) is 4.90 Å². The maximum atomic E-state index is 13.2. The molecule has 1 unspecified atom stereocenters. The van der Waals surface area contributed by atoms with Gasteiger partial charge in [-0.15, -0.1) is 4.36 Å². The third kappa shape index (κ3) is 7.06. The zero-order chi connectivity index (χ0) is 27.5. The number of carbonyl (C=O) groups excluding carboxylic acids is 1. The fourth-order valence-electron chi connectivity index (χ4n) is 4.29. The van der Waals surface area contributed by atoms with Gasteiger partial charge in [-0.25, -0.2) is 14.1 Å². The molecule has 198 valence electrons. The number of urea groups is 1. The van der Waals surface area contributed by atoms with E-state index in [1.165, 1.54) is 11.1 Å². The van der Waals surface area contributed by atoms with Gasteiger partial charge in [0.25, 0.3) is 0 Å². The van der Waals surface area contributed by atoms with E-state index in [9.17, 15) is 9.00 Å². The van der Waals surface area contributed by atoms with E-state index < -0.39 is 15.9 Å². The van der Waals surface area contributed by atoms with E-state index in [-0.39, 0.29) is 11.8 Å². The van der Waals surface area contributed by atoms with Gasteiger partial charge in [0, 0.05) is 12.2 Å². The molecule has 0 bridgehead atoms. The number of rotatable bonds is 7. The van der Waals surface area contributed by atoms with Crippen molar-refractivity contribution in [3.63, 3.8) is 0 Å². The van der Waals surface area contributed by atoms with Crippen LogP contribution in [0.3, 0.4) is 0 Å². The van der Waals surface area contributed by atoms with Gasteiger partial charge in [-0.2, -0.15) is 0 Å². The van der Waals surface area contributed by atoms with Crippen molar-refractivity contribution < 1.29 is 9.00 Å². The maximum Gasteiger partial charge on any atom is 0.354 e. The van der Waals surface area contributed by atoms with Gasteiger partial charge >= 0.3 is 6.03 Å². The number of aryl methyl sites for hydroxylation is 2. The lowest BCUT2D eigenvalue weighted by Gasteiger charge is -2.22. The minimum Gasteiger partial charge on any atom is -0.305 e. The number of hydrogen-bond acceptors (Lipinski definition) is 3. The van der Waals surface area contributed by atoms with Crippen molar-refractivity contribution in [2.24, 2.45) is 9.50 Å². The van der Waals surface area contributed by atoms with Crippen molar-refractivity contribution in [3.05, 3.63) is 82.4 Å². The van der Waals surface area contributed by atoms with Crippen molar-refractivity contribution in [1.29, 1.82) is 0 Å². The molecule has 3 aromatic carbocycles. The third-order valence-corrected chi connectivity index (χ3v) is 7.88. The lowest BCUT2D eigenvalue weighted by molar-refractivity contribution is 0.260. The summed E-state index contributed by atoms with van der Waals surface area (Å²) in [5, 5.41) is 8.99. The Morgan fingerprint density at radius 1 is 0.892 bits per heavy atom. The van der Waals surface area contributed by atoms with E-state index in [0.29, 0.717) is 10.6 Å². The summed E-state index contributed by atoms with van der Waals surface area (Å²) in [5.74, 6) is 0.288. The molecule has 0 fully saturated rings. The molecule has 3 N–H and O–H groups in total. The predicted molar refractivity (Wildman–Crippen MR) is 155 cm³/mol. The Hall–Kier alpha value is -3.00. The van der Waals surface area contributed by atoms with Crippen LogP contribution in [0.2, 0.25) is 0 Å². The van der Waals surface area contributed by atoms with Gasteiger partial charge in [0.1, 0.15) is 9.92 Å². The molecule has 3 rings (SSSR count). The quantitative estimate of drug-likeness (QED) is 0.345. The molecule has 0 aromatic heterocycles. The largest absolute Gasteiger partial charge is 0.354 e. The van der Waals surface area contributed by atoms with Gasteiger partial charge in [0.2, 0.25) is 0 Å². The van der Waals surface area contributed by atoms with Crippen LogP contribution < -0.4 is 10.5 Å². The second-order valence-corrected chi connectivity index (χ2v) is 12.4. The van der Waals surface area contributed by atoms with Crippen LogP contribution in [0, 0.1) is 13.8 Å². The number of benzene rings is 3. The monoisotopic (exact) mass is 520 g/mol. The van der Waals surface area contributed by atoms with E-state index in [1.807, 2.05) is 31.1 Å². The second-order valence-electron chi connectivity index (χ2n) is 10.6. The van der Waals surface area contributed by atoms with Crippen LogP contribution in [0.5, 0.6) is 0 Å². The molecule has 0 radical (unpaired) electrons. The Bertz CT molecular complexity index is 1370. The minimum atomic E-state index is -3.40. The first-order valence-corrected chi connectivity index (χ1v) is 14.2. The zero-order valence-electron chi connectivity index (χ0n) is 23.3. The highest BCUT2D eigenvalue weighted by Crippen LogP contribution is 2.37. The van der Waals surface area contributed by atoms with Crippen LogP contribution in [0.1, 0.15) is 67.3 Å². The topological polar surface area (TPSA) is 87.8 Å². The Kier molecular flexibility index (Phi) is 8.95. The van der Waals surface area contributed by atoms with Gasteiger partial charge in [-0.1, -0.05) is 58.0 Å². The predicted octanol–water partition coefficient (Wildman–Crippen LogP) is 7.21. The molecule has 0 heterocycles. The van der Waals surface area contributed by atoms with Gasteiger partial charge in [0.05, 0.1) is 4.90 Å². The zero-order valence-corrected chi connectivity index (χ0v) is 24.1. The number of nitrogens with two attached hydrogens (primary N) is 1. The Balaban J connectivity index is 2.01. The molecule has 7 heteroatoms. The van der Waals surface area contributed by atoms with Crippen molar-refractivity contribution >= 4 is 21.6 Å². The highest BCUT2D eigenvalue weighted by atomic mass is 32.2. The summed E-state index contributed by atoms with van der Waals surface area (Å²) in [6.45, 7) is 13.3. The molecular formula is C30H40N4O2S. The second kappa shape index (κ2) is 11.6. The van der Waals surface area contributed by atoms with Gasteiger partial charge in [-0.05, 0) is 103 Å². The molecule has 0 aliphatic rings. The summed E-state index contributed by atoms with van der Waals surface area (Å²) in [6.07, 6.45) is 0. The normalized spacial score (nSPS) is 13.2. The molecule has 0 saturated heterocycles. The van der Waals surface area contributed by atoms with E-state index in [2.05, 4.69) is 81.6 Å². The third-order valence-electron chi connectivity index (χ3n) is 6.49. The Labute approximate surface area is 222 Å². The van der Waals surface area contributed by atoms with Gasteiger partial charge < -0.3 is 10.2 Å². The fourth-order valence-corrected chi connectivity index (χ4v) is 5.21. The smallest absolute Gasteiger partial charge is 0.305 e. The molecule has 0 aliphatic heterocycles. The molecule has 37 heavy (non-hydrogen) atoms. The van der Waals surface area contributed by atoms with E-state index in [4.69, 9.17) is 5.14 Å².